The van der Waals surface area contributed by atoms with Crippen LogP contribution in [0.4, 0.5) is 11.4 Å². The molecule has 1 aromatic heterocycles. The lowest BCUT2D eigenvalue weighted by Gasteiger charge is -2.38. The number of rotatable bonds is 1. The topological polar surface area (TPSA) is 42.1 Å². The van der Waals surface area contributed by atoms with Crippen LogP contribution in [0.5, 0.6) is 0 Å². The molecule has 0 atom stereocenters. The molecule has 0 amide bonds. The van der Waals surface area contributed by atoms with Gasteiger partial charge in [0, 0.05) is 47.6 Å². The Morgan fingerprint density at radius 3 is 2.58 bits per heavy atom. The predicted octanol–water partition coefficient (Wildman–Crippen LogP) is 3.44. The van der Waals surface area contributed by atoms with E-state index < -0.39 is 0 Å². The monoisotopic (exact) mass is 255 g/mol. The molecular weight excluding hydrogens is 234 g/mol. The summed E-state index contributed by atoms with van der Waals surface area (Å²) in [6.45, 7) is 6.93. The van der Waals surface area contributed by atoms with Crippen molar-refractivity contribution in [2.45, 2.75) is 26.7 Å². The van der Waals surface area contributed by atoms with Gasteiger partial charge in [0.15, 0.2) is 0 Å². The summed E-state index contributed by atoms with van der Waals surface area (Å²) in [6, 6.07) is 6.15. The lowest BCUT2D eigenvalue weighted by Crippen LogP contribution is -2.37. The smallest absolute Gasteiger partial charge is 0.0463 e. The number of nitrogen functional groups attached to an aromatic ring is 1. The molecule has 100 valence electrons. The van der Waals surface area contributed by atoms with Crippen molar-refractivity contribution >= 4 is 22.1 Å². The molecule has 1 aromatic carbocycles. The van der Waals surface area contributed by atoms with Crippen molar-refractivity contribution in [1.82, 2.24) is 4.98 Å². The van der Waals surface area contributed by atoms with E-state index in [-0.39, 0.29) is 0 Å². The number of benzene rings is 1. The zero-order chi connectivity index (χ0) is 13.5. The zero-order valence-corrected chi connectivity index (χ0v) is 11.7. The van der Waals surface area contributed by atoms with Gasteiger partial charge in [-0.15, -0.1) is 0 Å². The summed E-state index contributed by atoms with van der Waals surface area (Å²) >= 11 is 0. The summed E-state index contributed by atoms with van der Waals surface area (Å²) in [4.78, 5) is 6.72. The number of fused-ring (bicyclic) bond motifs is 1. The summed E-state index contributed by atoms with van der Waals surface area (Å²) in [5, 5.41) is 2.28. The molecule has 0 spiro atoms. The zero-order valence-electron chi connectivity index (χ0n) is 11.7. The maximum absolute atomic E-state index is 6.05. The third-order valence-electron chi connectivity index (χ3n) is 4.29. The minimum absolute atomic E-state index is 0.471. The number of pyridine rings is 1. The van der Waals surface area contributed by atoms with E-state index >= 15 is 0 Å². The van der Waals surface area contributed by atoms with Gasteiger partial charge in [-0.25, -0.2) is 0 Å². The van der Waals surface area contributed by atoms with Crippen LogP contribution < -0.4 is 10.6 Å². The highest BCUT2D eigenvalue weighted by molar-refractivity contribution is 6.00. The predicted molar refractivity (Wildman–Crippen MR) is 81.4 cm³/mol. The summed E-state index contributed by atoms with van der Waals surface area (Å²) in [5.41, 5.74) is 8.63. The van der Waals surface area contributed by atoms with Crippen LogP contribution in [0.2, 0.25) is 0 Å². The van der Waals surface area contributed by atoms with E-state index in [1.54, 1.807) is 0 Å². The second kappa shape index (κ2) is 4.41. The average molecular weight is 255 g/mol. The average Bonchev–Trinajstić information content (AvgIpc) is 2.40. The molecule has 0 saturated carbocycles. The minimum Gasteiger partial charge on any atom is -0.398 e. The highest BCUT2D eigenvalue weighted by Crippen LogP contribution is 2.36. The van der Waals surface area contributed by atoms with Gasteiger partial charge < -0.3 is 10.6 Å². The Morgan fingerprint density at radius 1 is 1.11 bits per heavy atom. The van der Waals surface area contributed by atoms with E-state index in [0.717, 1.165) is 24.2 Å². The van der Waals surface area contributed by atoms with Crippen LogP contribution >= 0.6 is 0 Å². The molecule has 1 fully saturated rings. The van der Waals surface area contributed by atoms with Gasteiger partial charge in [0.25, 0.3) is 0 Å². The van der Waals surface area contributed by atoms with Crippen LogP contribution in [0, 0.1) is 5.41 Å². The van der Waals surface area contributed by atoms with Crippen LogP contribution in [0.3, 0.4) is 0 Å². The van der Waals surface area contributed by atoms with Crippen molar-refractivity contribution in [3.63, 3.8) is 0 Å². The van der Waals surface area contributed by atoms with Crippen molar-refractivity contribution in [2.24, 2.45) is 5.41 Å². The third kappa shape index (κ3) is 2.25. The molecule has 0 radical (unpaired) electrons. The van der Waals surface area contributed by atoms with Crippen molar-refractivity contribution in [2.75, 3.05) is 23.7 Å². The second-order valence-electron chi connectivity index (χ2n) is 6.25. The number of aromatic nitrogens is 1. The van der Waals surface area contributed by atoms with E-state index in [9.17, 15) is 0 Å². The summed E-state index contributed by atoms with van der Waals surface area (Å²) in [5.74, 6) is 0. The standard InChI is InChI=1S/C16H21N3/c1-16(2)6-9-19(10-7-16)15-4-3-14(17)12-5-8-18-11-13(12)15/h3-5,8,11H,6-7,9-10,17H2,1-2H3. The van der Waals surface area contributed by atoms with Crippen molar-refractivity contribution in [1.29, 1.82) is 0 Å². The fourth-order valence-corrected chi connectivity index (χ4v) is 2.83. The molecule has 2 N–H and O–H groups in total. The van der Waals surface area contributed by atoms with E-state index in [2.05, 4.69) is 29.8 Å². The maximum Gasteiger partial charge on any atom is 0.0463 e. The van der Waals surface area contributed by atoms with Crippen LogP contribution in [-0.4, -0.2) is 18.1 Å². The minimum atomic E-state index is 0.471. The number of anilines is 2. The van der Waals surface area contributed by atoms with Gasteiger partial charge in [-0.3, -0.25) is 4.98 Å². The lowest BCUT2D eigenvalue weighted by molar-refractivity contribution is 0.280. The Bertz CT molecular complexity index is 594. The SMILES string of the molecule is CC1(C)CCN(c2ccc(N)c3ccncc23)CC1. The van der Waals surface area contributed by atoms with Crippen LogP contribution in [0.1, 0.15) is 26.7 Å². The van der Waals surface area contributed by atoms with Crippen molar-refractivity contribution in [3.8, 4) is 0 Å². The number of piperidine rings is 1. The van der Waals surface area contributed by atoms with Gasteiger partial charge >= 0.3 is 0 Å². The Labute approximate surface area is 114 Å². The molecule has 1 aliphatic rings. The molecule has 3 rings (SSSR count). The Kier molecular flexibility index (Phi) is 2.85. The highest BCUT2D eigenvalue weighted by Gasteiger charge is 2.26. The van der Waals surface area contributed by atoms with Gasteiger partial charge in [-0.2, -0.15) is 0 Å². The number of nitrogens with two attached hydrogens (primary N) is 1. The molecule has 2 heterocycles. The summed E-state index contributed by atoms with van der Waals surface area (Å²) in [6.07, 6.45) is 6.21. The Balaban J connectivity index is 2.00. The first-order chi connectivity index (χ1) is 9.07. The van der Waals surface area contributed by atoms with E-state index in [1.807, 2.05) is 24.5 Å². The first-order valence-electron chi connectivity index (χ1n) is 6.94. The third-order valence-corrected chi connectivity index (χ3v) is 4.29. The maximum atomic E-state index is 6.05. The molecular formula is C16H21N3. The lowest BCUT2D eigenvalue weighted by atomic mass is 9.82. The molecule has 1 saturated heterocycles. The van der Waals surface area contributed by atoms with Gasteiger partial charge in [0.2, 0.25) is 0 Å². The first kappa shape index (κ1) is 12.3. The fourth-order valence-electron chi connectivity index (χ4n) is 2.83. The van der Waals surface area contributed by atoms with Gasteiger partial charge in [0.05, 0.1) is 0 Å². The van der Waals surface area contributed by atoms with Gasteiger partial charge in [-0.1, -0.05) is 13.8 Å². The van der Waals surface area contributed by atoms with Gasteiger partial charge in [0.1, 0.15) is 0 Å². The normalized spacial score (nSPS) is 18.7. The molecule has 0 aliphatic carbocycles. The Hall–Kier alpha value is -1.77. The first-order valence-corrected chi connectivity index (χ1v) is 6.94. The van der Waals surface area contributed by atoms with Crippen molar-refractivity contribution in [3.05, 3.63) is 30.6 Å². The summed E-state index contributed by atoms with van der Waals surface area (Å²) < 4.78 is 0. The number of hydrogen-bond donors (Lipinski definition) is 1. The molecule has 2 aromatic rings. The molecule has 1 aliphatic heterocycles. The van der Waals surface area contributed by atoms with E-state index in [1.165, 1.54) is 23.9 Å². The number of hydrogen-bond acceptors (Lipinski definition) is 3. The molecule has 3 nitrogen and oxygen atoms in total. The van der Waals surface area contributed by atoms with Gasteiger partial charge in [-0.05, 0) is 36.5 Å². The highest BCUT2D eigenvalue weighted by atomic mass is 15.1. The quantitative estimate of drug-likeness (QED) is 0.794. The Morgan fingerprint density at radius 2 is 1.84 bits per heavy atom. The van der Waals surface area contributed by atoms with Crippen LogP contribution in [-0.2, 0) is 0 Å². The molecule has 19 heavy (non-hydrogen) atoms. The molecule has 0 bridgehead atoms. The molecule has 0 unspecified atom stereocenters. The fraction of sp³-hybridized carbons (Fsp3) is 0.438. The summed E-state index contributed by atoms with van der Waals surface area (Å²) in [7, 11) is 0. The number of nitrogens with zero attached hydrogens (tertiary/aromatic N) is 2. The van der Waals surface area contributed by atoms with Crippen LogP contribution in [0.25, 0.3) is 10.8 Å². The van der Waals surface area contributed by atoms with E-state index in [0.29, 0.717) is 5.41 Å². The second-order valence-corrected chi connectivity index (χ2v) is 6.25. The largest absolute Gasteiger partial charge is 0.398 e. The van der Waals surface area contributed by atoms with Crippen molar-refractivity contribution < 1.29 is 0 Å². The van der Waals surface area contributed by atoms with Crippen LogP contribution in [0.15, 0.2) is 30.6 Å². The van der Waals surface area contributed by atoms with E-state index in [4.69, 9.17) is 5.73 Å². The molecule has 3 heteroatoms.